The van der Waals surface area contributed by atoms with Crippen molar-refractivity contribution in [1.82, 2.24) is 0 Å². The van der Waals surface area contributed by atoms with Crippen LogP contribution in [0.15, 0.2) is 47.4 Å². The fourth-order valence-electron chi connectivity index (χ4n) is 1.82. The smallest absolute Gasteiger partial charge is 0.238 e. The molecule has 24 heavy (non-hydrogen) atoms. The number of sulfonamides is 1. The number of anilines is 1. The third-order valence-corrected chi connectivity index (χ3v) is 5.62. The summed E-state index contributed by atoms with van der Waals surface area (Å²) in [7, 11) is -3.74. The normalized spacial score (nSPS) is 11.3. The molecule has 0 aliphatic rings. The molecular weight excluding hydrogens is 391 g/mol. The second-order valence-electron chi connectivity index (χ2n) is 4.86. The summed E-state index contributed by atoms with van der Waals surface area (Å²) >= 11 is 13.2. The number of thioether (sulfide) groups is 1. The molecule has 9 heteroatoms. The van der Waals surface area contributed by atoms with Crippen LogP contribution >= 0.6 is 35.0 Å². The number of amides is 1. The van der Waals surface area contributed by atoms with Gasteiger partial charge in [-0.25, -0.2) is 13.6 Å². The number of hydrogen-bond acceptors (Lipinski definition) is 4. The lowest BCUT2D eigenvalue weighted by Gasteiger charge is -2.06. The van der Waals surface area contributed by atoms with Gasteiger partial charge in [0, 0.05) is 11.4 Å². The molecule has 0 atom stereocenters. The lowest BCUT2D eigenvalue weighted by Crippen LogP contribution is -2.15. The topological polar surface area (TPSA) is 89.3 Å². The molecule has 2 rings (SSSR count). The molecule has 2 aromatic carbocycles. The number of primary sulfonamides is 1. The Balaban J connectivity index is 1.84. The van der Waals surface area contributed by atoms with Crippen molar-refractivity contribution >= 4 is 56.6 Å². The van der Waals surface area contributed by atoms with E-state index in [1.165, 1.54) is 36.0 Å². The lowest BCUT2D eigenvalue weighted by atomic mass is 10.2. The number of carbonyl (C=O) groups excluding carboxylic acids is 1. The maximum atomic E-state index is 11.9. The van der Waals surface area contributed by atoms with Crippen LogP contribution in [0.25, 0.3) is 0 Å². The van der Waals surface area contributed by atoms with Crippen molar-refractivity contribution in [2.24, 2.45) is 5.14 Å². The number of nitrogens with one attached hydrogen (secondary N) is 1. The predicted molar refractivity (Wildman–Crippen MR) is 99.1 cm³/mol. The van der Waals surface area contributed by atoms with Gasteiger partial charge < -0.3 is 5.32 Å². The summed E-state index contributed by atoms with van der Waals surface area (Å²) in [5.74, 6) is 0.676. The molecule has 0 radical (unpaired) electrons. The first-order valence-corrected chi connectivity index (χ1v) is 10.2. The zero-order valence-corrected chi connectivity index (χ0v) is 15.5. The molecule has 0 spiro atoms. The van der Waals surface area contributed by atoms with Crippen LogP contribution in [0.5, 0.6) is 0 Å². The third kappa shape index (κ3) is 5.68. The van der Waals surface area contributed by atoms with Crippen LogP contribution in [0.3, 0.4) is 0 Å². The molecule has 0 heterocycles. The van der Waals surface area contributed by atoms with Gasteiger partial charge in [-0.1, -0.05) is 29.3 Å². The molecule has 0 bridgehead atoms. The average molecular weight is 405 g/mol. The van der Waals surface area contributed by atoms with E-state index in [9.17, 15) is 13.2 Å². The van der Waals surface area contributed by atoms with Crippen LogP contribution in [0.1, 0.15) is 5.56 Å². The SMILES string of the molecule is NS(=O)(=O)c1ccc(NC(=O)CSCc2ccc(Cl)c(Cl)c2)cc1. The zero-order chi connectivity index (χ0) is 17.7. The quantitative estimate of drug-likeness (QED) is 0.770. The van der Waals surface area contributed by atoms with Gasteiger partial charge >= 0.3 is 0 Å². The molecule has 0 unspecified atom stereocenters. The van der Waals surface area contributed by atoms with E-state index < -0.39 is 10.0 Å². The Morgan fingerprint density at radius 1 is 1.08 bits per heavy atom. The van der Waals surface area contributed by atoms with Crippen LogP contribution in [0.2, 0.25) is 10.0 Å². The average Bonchev–Trinajstić information content (AvgIpc) is 2.50. The Hall–Kier alpha value is -1.25. The largest absolute Gasteiger partial charge is 0.325 e. The van der Waals surface area contributed by atoms with Gasteiger partial charge in [-0.3, -0.25) is 4.79 Å². The molecule has 3 N–H and O–H groups in total. The predicted octanol–water partition coefficient (Wildman–Crippen LogP) is 3.51. The van der Waals surface area contributed by atoms with Gasteiger partial charge in [0.2, 0.25) is 15.9 Å². The molecule has 0 aromatic heterocycles. The van der Waals surface area contributed by atoms with Crippen LogP contribution in [0.4, 0.5) is 5.69 Å². The number of hydrogen-bond donors (Lipinski definition) is 2. The second-order valence-corrected chi connectivity index (χ2v) is 8.22. The molecule has 128 valence electrons. The highest BCUT2D eigenvalue weighted by atomic mass is 35.5. The minimum absolute atomic E-state index is 0.00510. The summed E-state index contributed by atoms with van der Waals surface area (Å²) in [5, 5.41) is 8.67. The minimum Gasteiger partial charge on any atom is -0.325 e. The molecule has 2 aromatic rings. The zero-order valence-electron chi connectivity index (χ0n) is 12.3. The molecule has 0 aliphatic heterocycles. The summed E-state index contributed by atoms with van der Waals surface area (Å²) in [5.41, 5.74) is 1.47. The Morgan fingerprint density at radius 2 is 1.75 bits per heavy atom. The molecule has 0 saturated carbocycles. The van der Waals surface area contributed by atoms with Crippen molar-refractivity contribution in [3.05, 3.63) is 58.1 Å². The van der Waals surface area contributed by atoms with Crippen molar-refractivity contribution in [2.45, 2.75) is 10.6 Å². The van der Waals surface area contributed by atoms with E-state index in [0.717, 1.165) is 5.56 Å². The van der Waals surface area contributed by atoms with E-state index >= 15 is 0 Å². The van der Waals surface area contributed by atoms with Crippen LogP contribution in [-0.4, -0.2) is 20.1 Å². The van der Waals surface area contributed by atoms with E-state index in [4.69, 9.17) is 28.3 Å². The first-order valence-electron chi connectivity index (χ1n) is 6.70. The van der Waals surface area contributed by atoms with Gasteiger partial charge in [0.15, 0.2) is 0 Å². The van der Waals surface area contributed by atoms with E-state index in [1.807, 2.05) is 6.07 Å². The Bertz CT molecular complexity index is 840. The first-order chi connectivity index (χ1) is 11.3. The maximum absolute atomic E-state index is 11.9. The van der Waals surface area contributed by atoms with Gasteiger partial charge in [0.05, 0.1) is 20.7 Å². The minimum atomic E-state index is -3.74. The highest BCUT2D eigenvalue weighted by molar-refractivity contribution is 7.99. The molecule has 0 aliphatic carbocycles. The van der Waals surface area contributed by atoms with E-state index in [2.05, 4.69) is 5.32 Å². The molecule has 0 fully saturated rings. The van der Waals surface area contributed by atoms with Crippen molar-refractivity contribution in [3.8, 4) is 0 Å². The van der Waals surface area contributed by atoms with Gasteiger partial charge in [-0.15, -0.1) is 11.8 Å². The fourth-order valence-corrected chi connectivity index (χ4v) is 3.43. The van der Waals surface area contributed by atoms with Crippen LogP contribution in [-0.2, 0) is 20.6 Å². The highest BCUT2D eigenvalue weighted by Crippen LogP contribution is 2.24. The molecule has 5 nitrogen and oxygen atoms in total. The van der Waals surface area contributed by atoms with Gasteiger partial charge in [-0.05, 0) is 42.0 Å². The fraction of sp³-hybridized carbons (Fsp3) is 0.133. The summed E-state index contributed by atoms with van der Waals surface area (Å²) in [4.78, 5) is 11.9. The number of halogens is 2. The summed E-state index contributed by atoms with van der Waals surface area (Å²) in [6.45, 7) is 0. The third-order valence-electron chi connectivity index (χ3n) is 2.95. The highest BCUT2D eigenvalue weighted by Gasteiger charge is 2.08. The van der Waals surface area contributed by atoms with Crippen molar-refractivity contribution in [1.29, 1.82) is 0 Å². The van der Waals surface area contributed by atoms with Crippen molar-refractivity contribution < 1.29 is 13.2 Å². The summed E-state index contributed by atoms with van der Waals surface area (Å²) < 4.78 is 22.3. The van der Waals surface area contributed by atoms with E-state index in [1.54, 1.807) is 12.1 Å². The number of rotatable bonds is 6. The summed E-state index contributed by atoms with van der Waals surface area (Å²) in [6, 6.07) is 11.0. The van der Waals surface area contributed by atoms with Gasteiger partial charge in [0.25, 0.3) is 0 Å². The second kappa shape index (κ2) is 8.22. The standard InChI is InChI=1S/C15H14Cl2N2O3S2/c16-13-6-1-10(7-14(13)17)8-23-9-15(20)19-11-2-4-12(5-3-11)24(18,21)22/h1-7H,8-9H2,(H,19,20)(H2,18,21,22). The lowest BCUT2D eigenvalue weighted by molar-refractivity contribution is -0.113. The Morgan fingerprint density at radius 3 is 2.33 bits per heavy atom. The maximum Gasteiger partial charge on any atom is 0.238 e. The first kappa shape index (κ1) is 19.1. The van der Waals surface area contributed by atoms with Crippen molar-refractivity contribution in [2.75, 3.05) is 11.1 Å². The molecule has 1 amide bonds. The van der Waals surface area contributed by atoms with Crippen LogP contribution < -0.4 is 10.5 Å². The Labute approximate surface area is 154 Å². The van der Waals surface area contributed by atoms with Gasteiger partial charge in [-0.2, -0.15) is 0 Å². The van der Waals surface area contributed by atoms with E-state index in [-0.39, 0.29) is 16.6 Å². The molecular formula is C15H14Cl2N2O3S2. The molecule has 0 saturated heterocycles. The monoisotopic (exact) mass is 404 g/mol. The van der Waals surface area contributed by atoms with E-state index in [0.29, 0.717) is 21.5 Å². The Kier molecular flexibility index (Phi) is 6.54. The summed E-state index contributed by atoms with van der Waals surface area (Å²) in [6.07, 6.45) is 0. The number of nitrogens with two attached hydrogens (primary N) is 1. The number of carbonyl (C=O) groups is 1. The number of benzene rings is 2. The van der Waals surface area contributed by atoms with Crippen molar-refractivity contribution in [3.63, 3.8) is 0 Å². The van der Waals surface area contributed by atoms with Gasteiger partial charge in [0.1, 0.15) is 0 Å². The van der Waals surface area contributed by atoms with Crippen LogP contribution in [0, 0.1) is 0 Å².